The lowest BCUT2D eigenvalue weighted by Crippen LogP contribution is -2.02. The van der Waals surface area contributed by atoms with Crippen molar-refractivity contribution in [1.29, 1.82) is 0 Å². The third-order valence-electron chi connectivity index (χ3n) is 3.28. The van der Waals surface area contributed by atoms with Crippen molar-refractivity contribution in [3.63, 3.8) is 0 Å². The van der Waals surface area contributed by atoms with Gasteiger partial charge in [0, 0.05) is 12.7 Å². The van der Waals surface area contributed by atoms with E-state index in [4.69, 9.17) is 23.8 Å². The maximum atomic E-state index is 5.94. The van der Waals surface area contributed by atoms with Gasteiger partial charge in [-0.2, -0.15) is 0 Å². The average Bonchev–Trinajstić information content (AvgIpc) is 2.71. The maximum absolute atomic E-state index is 5.94. The fourth-order valence-electron chi connectivity index (χ4n) is 2.33. The third-order valence-corrected chi connectivity index (χ3v) is 3.81. The minimum absolute atomic E-state index is 0.611. The molecule has 0 aliphatic rings. The Morgan fingerprint density at radius 2 is 2.20 bits per heavy atom. The number of halogens is 1. The molecule has 5 heteroatoms. The molecule has 1 aromatic carbocycles. The highest BCUT2D eigenvalue weighted by molar-refractivity contribution is 7.71. The van der Waals surface area contributed by atoms with Gasteiger partial charge >= 0.3 is 0 Å². The average molecular weight is 304 g/mol. The molecule has 102 valence electrons. The normalized spacial score (nSPS) is 11.1. The minimum atomic E-state index is 0.611. The zero-order chi connectivity index (χ0) is 14.1. The first-order chi connectivity index (χ1) is 9.63. The second-order valence-electron chi connectivity index (χ2n) is 4.85. The summed E-state index contributed by atoms with van der Waals surface area (Å²) in [7, 11) is 0. The van der Waals surface area contributed by atoms with E-state index < -0.39 is 0 Å². The summed E-state index contributed by atoms with van der Waals surface area (Å²) in [6, 6.07) is 10.4. The maximum Gasteiger partial charge on any atom is 0.179 e. The highest BCUT2D eigenvalue weighted by atomic mass is 35.5. The van der Waals surface area contributed by atoms with Crippen LogP contribution in [0.5, 0.6) is 0 Å². The molecule has 0 radical (unpaired) electrons. The van der Waals surface area contributed by atoms with E-state index in [1.165, 1.54) is 11.1 Å². The van der Waals surface area contributed by atoms with Crippen LogP contribution in [0.3, 0.4) is 0 Å². The number of rotatable bonds is 3. The quantitative estimate of drug-likeness (QED) is 0.732. The van der Waals surface area contributed by atoms with Crippen molar-refractivity contribution in [3.05, 3.63) is 57.4 Å². The van der Waals surface area contributed by atoms with Crippen LogP contribution in [0, 0.1) is 11.7 Å². The number of nitrogens with one attached hydrogen (secondary N) is 1. The molecule has 0 amide bonds. The largest absolute Gasteiger partial charge is 0.329 e. The molecule has 3 rings (SSSR count). The minimum Gasteiger partial charge on any atom is -0.329 e. The molecular formula is C15H14ClN3S. The first-order valence-corrected chi connectivity index (χ1v) is 7.22. The van der Waals surface area contributed by atoms with Crippen molar-refractivity contribution in [2.24, 2.45) is 0 Å². The van der Waals surface area contributed by atoms with Crippen molar-refractivity contribution in [2.45, 2.75) is 19.9 Å². The van der Waals surface area contributed by atoms with Gasteiger partial charge in [0.1, 0.15) is 0 Å². The van der Waals surface area contributed by atoms with Gasteiger partial charge in [0.25, 0.3) is 0 Å². The monoisotopic (exact) mass is 303 g/mol. The molecule has 0 saturated carbocycles. The van der Waals surface area contributed by atoms with Crippen LogP contribution in [-0.4, -0.2) is 14.5 Å². The first kappa shape index (κ1) is 13.3. The van der Waals surface area contributed by atoms with E-state index in [1.54, 1.807) is 6.20 Å². The Labute approximate surface area is 127 Å². The predicted octanol–water partition coefficient (Wildman–Crippen LogP) is 4.30. The van der Waals surface area contributed by atoms with Gasteiger partial charge < -0.3 is 9.55 Å². The smallest absolute Gasteiger partial charge is 0.179 e. The van der Waals surface area contributed by atoms with E-state index in [2.05, 4.69) is 41.2 Å². The summed E-state index contributed by atoms with van der Waals surface area (Å²) in [6.07, 6.45) is 2.57. The zero-order valence-electron chi connectivity index (χ0n) is 11.1. The number of imidazole rings is 1. The lowest BCUT2D eigenvalue weighted by Gasteiger charge is -2.05. The van der Waals surface area contributed by atoms with Gasteiger partial charge in [0.05, 0.1) is 10.5 Å². The number of pyridine rings is 1. The first-order valence-electron chi connectivity index (χ1n) is 6.43. The molecule has 2 heterocycles. The highest BCUT2D eigenvalue weighted by Crippen LogP contribution is 2.17. The lowest BCUT2D eigenvalue weighted by molar-refractivity contribution is 0.700. The lowest BCUT2D eigenvalue weighted by atomic mass is 10.1. The van der Waals surface area contributed by atoms with E-state index in [0.717, 1.165) is 24.1 Å². The van der Waals surface area contributed by atoms with Crippen LogP contribution in [-0.2, 0) is 13.0 Å². The van der Waals surface area contributed by atoms with Crippen LogP contribution in [0.15, 0.2) is 36.5 Å². The summed E-state index contributed by atoms with van der Waals surface area (Å²) in [6.45, 7) is 2.90. The molecule has 0 atom stereocenters. The molecule has 0 unspecified atom stereocenters. The predicted molar refractivity (Wildman–Crippen MR) is 84.8 cm³/mol. The summed E-state index contributed by atoms with van der Waals surface area (Å²) >= 11 is 11.3. The van der Waals surface area contributed by atoms with Gasteiger partial charge in [0.2, 0.25) is 0 Å². The van der Waals surface area contributed by atoms with Crippen LogP contribution in [0.4, 0.5) is 0 Å². The Hall–Kier alpha value is -1.65. The molecule has 0 aliphatic carbocycles. The van der Waals surface area contributed by atoms with E-state index in [-0.39, 0.29) is 0 Å². The van der Waals surface area contributed by atoms with Gasteiger partial charge in [-0.3, -0.25) is 0 Å². The van der Waals surface area contributed by atoms with E-state index in [9.17, 15) is 0 Å². The Bertz CT molecular complexity index is 819. The van der Waals surface area contributed by atoms with Crippen LogP contribution in [0.25, 0.3) is 11.2 Å². The molecule has 1 N–H and O–H groups in total. The summed E-state index contributed by atoms with van der Waals surface area (Å²) < 4.78 is 2.70. The molecule has 0 bridgehead atoms. The Kier molecular flexibility index (Phi) is 3.59. The molecule has 3 nitrogen and oxygen atoms in total. The van der Waals surface area contributed by atoms with Crippen LogP contribution in [0.1, 0.15) is 11.1 Å². The van der Waals surface area contributed by atoms with Crippen LogP contribution >= 0.6 is 23.8 Å². The number of aromatic amines is 1. The van der Waals surface area contributed by atoms with Crippen molar-refractivity contribution in [2.75, 3.05) is 0 Å². The summed E-state index contributed by atoms with van der Waals surface area (Å²) in [4.78, 5) is 7.51. The van der Waals surface area contributed by atoms with Crippen LogP contribution in [0.2, 0.25) is 5.02 Å². The standard InChI is InChI=1S/C15H14ClN3S/c1-10-3-2-4-11(7-10)5-6-19-14-13(18-15(19)20)8-12(16)9-17-14/h2-4,7-9H,5-6H2,1H3,(H,18,20). The van der Waals surface area contributed by atoms with Crippen LogP contribution < -0.4 is 0 Å². The number of aryl methyl sites for hydroxylation is 3. The van der Waals surface area contributed by atoms with Gasteiger partial charge in [-0.15, -0.1) is 0 Å². The van der Waals surface area contributed by atoms with Crippen molar-refractivity contribution >= 4 is 35.0 Å². The molecule has 0 saturated heterocycles. The Morgan fingerprint density at radius 1 is 1.35 bits per heavy atom. The zero-order valence-corrected chi connectivity index (χ0v) is 12.6. The number of H-pyrrole nitrogens is 1. The van der Waals surface area contributed by atoms with Crippen molar-refractivity contribution in [3.8, 4) is 0 Å². The highest BCUT2D eigenvalue weighted by Gasteiger charge is 2.06. The number of hydrogen-bond donors (Lipinski definition) is 1. The second kappa shape index (κ2) is 5.38. The van der Waals surface area contributed by atoms with Crippen molar-refractivity contribution in [1.82, 2.24) is 14.5 Å². The molecule has 0 spiro atoms. The molecule has 0 aliphatic heterocycles. The summed E-state index contributed by atoms with van der Waals surface area (Å²) in [5.74, 6) is 0. The van der Waals surface area contributed by atoms with Gasteiger partial charge in [-0.25, -0.2) is 4.98 Å². The van der Waals surface area contributed by atoms with Gasteiger partial charge in [0.15, 0.2) is 10.4 Å². The van der Waals surface area contributed by atoms with Gasteiger partial charge in [-0.05, 0) is 37.2 Å². The molecule has 20 heavy (non-hydrogen) atoms. The number of aromatic nitrogens is 3. The Balaban J connectivity index is 1.91. The summed E-state index contributed by atoms with van der Waals surface area (Å²) in [5.41, 5.74) is 4.31. The number of benzene rings is 1. The van der Waals surface area contributed by atoms with E-state index >= 15 is 0 Å². The number of hydrogen-bond acceptors (Lipinski definition) is 2. The second-order valence-corrected chi connectivity index (χ2v) is 5.67. The topological polar surface area (TPSA) is 33.6 Å². The van der Waals surface area contributed by atoms with Gasteiger partial charge in [-0.1, -0.05) is 41.4 Å². The summed E-state index contributed by atoms with van der Waals surface area (Å²) in [5, 5.41) is 0.611. The number of fused-ring (bicyclic) bond motifs is 1. The fourth-order valence-corrected chi connectivity index (χ4v) is 2.78. The Morgan fingerprint density at radius 3 is 3.00 bits per heavy atom. The fraction of sp³-hybridized carbons (Fsp3) is 0.200. The molecular weight excluding hydrogens is 290 g/mol. The molecule has 2 aromatic heterocycles. The molecule has 3 aromatic rings. The van der Waals surface area contributed by atoms with E-state index in [0.29, 0.717) is 9.79 Å². The van der Waals surface area contributed by atoms with Crippen molar-refractivity contribution < 1.29 is 0 Å². The van der Waals surface area contributed by atoms with E-state index in [1.807, 2.05) is 10.6 Å². The SMILES string of the molecule is Cc1cccc(CCn2c(=S)[nH]c3cc(Cl)cnc32)c1. The third kappa shape index (κ3) is 2.62. The molecule has 0 fully saturated rings. The number of nitrogens with zero attached hydrogens (tertiary/aromatic N) is 2.